The van der Waals surface area contributed by atoms with E-state index in [1.807, 2.05) is 75.4 Å². The zero-order valence-electron chi connectivity index (χ0n) is 14.7. The molecule has 0 radical (unpaired) electrons. The Kier molecular flexibility index (Phi) is 6.94. The van der Waals surface area contributed by atoms with Crippen LogP contribution in [-0.2, 0) is 10.5 Å². The van der Waals surface area contributed by atoms with Crippen molar-refractivity contribution in [3.8, 4) is 0 Å². The Hall–Kier alpha value is -1.49. The van der Waals surface area contributed by atoms with Gasteiger partial charge >= 0.3 is 0 Å². The molecule has 0 spiro atoms. The molecule has 134 valence electrons. The lowest BCUT2D eigenvalue weighted by atomic mass is 10.0. The van der Waals surface area contributed by atoms with Crippen LogP contribution in [0.2, 0.25) is 5.02 Å². The molecular weight excluding hydrogens is 354 g/mol. The van der Waals surface area contributed by atoms with Gasteiger partial charge in [-0.2, -0.15) is 0 Å². The molecule has 2 aromatic rings. The van der Waals surface area contributed by atoms with Crippen LogP contribution in [0.3, 0.4) is 0 Å². The number of carbonyl (C=O) groups excluding carboxylic acids is 1. The summed E-state index contributed by atoms with van der Waals surface area (Å²) in [6, 6.07) is 16.6. The molecular formula is C20H24ClNO2S. The maximum Gasteiger partial charge on any atom is 0.235 e. The molecule has 0 aliphatic rings. The van der Waals surface area contributed by atoms with Crippen molar-refractivity contribution in [3.63, 3.8) is 0 Å². The van der Waals surface area contributed by atoms with E-state index in [1.54, 1.807) is 0 Å². The molecule has 2 rings (SSSR count). The van der Waals surface area contributed by atoms with Crippen molar-refractivity contribution in [2.45, 2.75) is 43.4 Å². The van der Waals surface area contributed by atoms with Gasteiger partial charge < -0.3 is 10.4 Å². The average molecular weight is 378 g/mol. The van der Waals surface area contributed by atoms with E-state index in [4.69, 9.17) is 11.6 Å². The molecule has 2 aromatic carbocycles. The molecule has 0 aromatic heterocycles. The number of hydrogen-bond donors (Lipinski definition) is 2. The molecule has 0 saturated carbocycles. The summed E-state index contributed by atoms with van der Waals surface area (Å²) < 4.78 is -0.635. The van der Waals surface area contributed by atoms with Crippen LogP contribution in [0.1, 0.15) is 38.0 Å². The zero-order chi connectivity index (χ0) is 18.4. The van der Waals surface area contributed by atoms with Crippen LogP contribution in [0.4, 0.5) is 0 Å². The summed E-state index contributed by atoms with van der Waals surface area (Å²) in [5, 5.41) is 14.0. The van der Waals surface area contributed by atoms with E-state index in [2.05, 4.69) is 5.32 Å². The van der Waals surface area contributed by atoms with Crippen molar-refractivity contribution in [1.29, 1.82) is 0 Å². The quantitative estimate of drug-likeness (QED) is 0.741. The van der Waals surface area contributed by atoms with E-state index < -0.39 is 10.9 Å². The molecule has 25 heavy (non-hydrogen) atoms. The fourth-order valence-electron chi connectivity index (χ4n) is 2.34. The predicted molar refractivity (Wildman–Crippen MR) is 106 cm³/mol. The first-order valence-electron chi connectivity index (χ1n) is 8.22. The largest absolute Gasteiger partial charge is 0.386 e. The summed E-state index contributed by atoms with van der Waals surface area (Å²) >= 11 is 7.70. The molecule has 0 saturated heterocycles. The Bertz CT molecular complexity index is 706. The van der Waals surface area contributed by atoms with Crippen LogP contribution in [-0.4, -0.2) is 21.8 Å². The highest BCUT2D eigenvalue weighted by atomic mass is 35.5. The van der Waals surface area contributed by atoms with Gasteiger partial charge in [0, 0.05) is 10.8 Å². The Morgan fingerprint density at radius 3 is 2.40 bits per heavy atom. The lowest BCUT2D eigenvalue weighted by molar-refractivity contribution is -0.124. The molecule has 1 amide bonds. The van der Waals surface area contributed by atoms with Crippen molar-refractivity contribution >= 4 is 29.3 Å². The molecule has 0 bridgehead atoms. The Labute approximate surface area is 158 Å². The Morgan fingerprint density at radius 1 is 1.16 bits per heavy atom. The summed E-state index contributed by atoms with van der Waals surface area (Å²) in [5.74, 6) is 0.544. The third-order valence-corrected chi connectivity index (χ3v) is 5.80. The van der Waals surface area contributed by atoms with Crippen molar-refractivity contribution in [2.75, 3.05) is 0 Å². The third-order valence-electron chi connectivity index (χ3n) is 4.07. The van der Waals surface area contributed by atoms with Crippen LogP contribution in [0, 0.1) is 0 Å². The first-order chi connectivity index (χ1) is 11.8. The first-order valence-corrected chi connectivity index (χ1v) is 9.59. The standard InChI is InChI=1S/C20H24ClNO2S/c1-14(18(23)15-9-5-4-6-10-15)22-19(24)20(2,3)25-13-16-11-7-8-12-17(16)21/h4-12,14,18,23H,13H2,1-3H3,(H,22,24)/t14-,18-/m0/s1. The molecule has 0 aliphatic carbocycles. The molecule has 2 N–H and O–H groups in total. The van der Waals surface area contributed by atoms with Crippen LogP contribution in [0.15, 0.2) is 54.6 Å². The van der Waals surface area contributed by atoms with Gasteiger partial charge in [-0.1, -0.05) is 60.1 Å². The second-order valence-electron chi connectivity index (χ2n) is 6.51. The number of aliphatic hydroxyl groups excluding tert-OH is 1. The van der Waals surface area contributed by atoms with Gasteiger partial charge in [-0.3, -0.25) is 4.79 Å². The minimum absolute atomic E-state index is 0.105. The number of amides is 1. The minimum atomic E-state index is -0.741. The normalized spacial score (nSPS) is 14.0. The number of halogens is 1. The van der Waals surface area contributed by atoms with E-state index in [0.717, 1.165) is 11.1 Å². The van der Waals surface area contributed by atoms with Crippen molar-refractivity contribution in [2.24, 2.45) is 0 Å². The van der Waals surface area contributed by atoms with Gasteiger partial charge in [-0.25, -0.2) is 0 Å². The van der Waals surface area contributed by atoms with Gasteiger partial charge in [0.2, 0.25) is 5.91 Å². The average Bonchev–Trinajstić information content (AvgIpc) is 2.61. The van der Waals surface area contributed by atoms with Crippen molar-refractivity contribution in [1.82, 2.24) is 5.32 Å². The van der Waals surface area contributed by atoms with Crippen LogP contribution in [0.25, 0.3) is 0 Å². The Balaban J connectivity index is 1.95. The first kappa shape index (κ1) is 19.8. The number of thioether (sulfide) groups is 1. The van der Waals surface area contributed by atoms with E-state index in [9.17, 15) is 9.90 Å². The second kappa shape index (κ2) is 8.75. The summed E-state index contributed by atoms with van der Waals surface area (Å²) in [4.78, 5) is 12.6. The molecule has 0 aliphatic heterocycles. The molecule has 0 fully saturated rings. The predicted octanol–water partition coefficient (Wildman–Crippen LogP) is 4.59. The maximum absolute atomic E-state index is 12.6. The van der Waals surface area contributed by atoms with Gasteiger partial charge in [0.15, 0.2) is 0 Å². The topological polar surface area (TPSA) is 49.3 Å². The van der Waals surface area contributed by atoms with E-state index in [1.165, 1.54) is 11.8 Å². The van der Waals surface area contributed by atoms with E-state index in [-0.39, 0.29) is 11.9 Å². The van der Waals surface area contributed by atoms with Crippen molar-refractivity contribution in [3.05, 3.63) is 70.7 Å². The fourth-order valence-corrected chi connectivity index (χ4v) is 3.58. The maximum atomic E-state index is 12.6. The lowest BCUT2D eigenvalue weighted by Gasteiger charge is -2.28. The van der Waals surface area contributed by atoms with Crippen LogP contribution >= 0.6 is 23.4 Å². The minimum Gasteiger partial charge on any atom is -0.386 e. The number of carbonyl (C=O) groups is 1. The van der Waals surface area contributed by atoms with Gasteiger partial charge in [-0.05, 0) is 38.0 Å². The number of nitrogens with one attached hydrogen (secondary N) is 1. The van der Waals surface area contributed by atoms with Crippen LogP contribution < -0.4 is 5.32 Å². The molecule has 3 nitrogen and oxygen atoms in total. The molecule has 5 heteroatoms. The summed E-state index contributed by atoms with van der Waals surface area (Å²) in [7, 11) is 0. The molecule has 0 heterocycles. The highest BCUT2D eigenvalue weighted by Crippen LogP contribution is 2.31. The SMILES string of the molecule is C[C@H](NC(=O)C(C)(C)SCc1ccccc1Cl)[C@H](O)c1ccccc1. The smallest absolute Gasteiger partial charge is 0.235 e. The molecule has 2 atom stereocenters. The summed E-state index contributed by atoms with van der Waals surface area (Å²) in [6.45, 7) is 5.57. The van der Waals surface area contributed by atoms with E-state index in [0.29, 0.717) is 10.8 Å². The van der Waals surface area contributed by atoms with Crippen LogP contribution in [0.5, 0.6) is 0 Å². The van der Waals surface area contributed by atoms with Gasteiger partial charge in [0.1, 0.15) is 0 Å². The second-order valence-corrected chi connectivity index (χ2v) is 8.51. The summed E-state index contributed by atoms with van der Waals surface area (Å²) in [6.07, 6.45) is -0.741. The summed E-state index contributed by atoms with van der Waals surface area (Å²) in [5.41, 5.74) is 1.80. The highest BCUT2D eigenvalue weighted by Gasteiger charge is 2.31. The Morgan fingerprint density at radius 2 is 1.76 bits per heavy atom. The van der Waals surface area contributed by atoms with E-state index >= 15 is 0 Å². The van der Waals surface area contributed by atoms with Gasteiger partial charge in [0.25, 0.3) is 0 Å². The zero-order valence-corrected chi connectivity index (χ0v) is 16.3. The third kappa shape index (κ3) is 5.50. The van der Waals surface area contributed by atoms with Crippen molar-refractivity contribution < 1.29 is 9.90 Å². The van der Waals surface area contributed by atoms with Gasteiger partial charge in [-0.15, -0.1) is 11.8 Å². The lowest BCUT2D eigenvalue weighted by Crippen LogP contribution is -2.46. The van der Waals surface area contributed by atoms with Gasteiger partial charge in [0.05, 0.1) is 16.9 Å². The number of aliphatic hydroxyl groups is 1. The number of rotatable bonds is 7. The molecule has 0 unspecified atom stereocenters. The fraction of sp³-hybridized carbons (Fsp3) is 0.350. The monoisotopic (exact) mass is 377 g/mol. The highest BCUT2D eigenvalue weighted by molar-refractivity contribution is 8.00. The number of hydrogen-bond acceptors (Lipinski definition) is 3. The number of benzene rings is 2.